The predicted molar refractivity (Wildman–Crippen MR) is 94.7 cm³/mol. The molecule has 130 valence electrons. The first-order chi connectivity index (χ1) is 11.1. The number of rotatable bonds is 6. The monoisotopic (exact) mass is 370 g/mol. The van der Waals surface area contributed by atoms with Crippen LogP contribution in [0.25, 0.3) is 0 Å². The molecule has 24 heavy (non-hydrogen) atoms. The number of halogens is 2. The zero-order valence-electron chi connectivity index (χ0n) is 13.4. The van der Waals surface area contributed by atoms with E-state index in [1.165, 1.54) is 0 Å². The van der Waals surface area contributed by atoms with Crippen LogP contribution in [0.4, 0.5) is 5.69 Å². The molecule has 4 N–H and O–H groups in total. The Morgan fingerprint density at radius 3 is 2.42 bits per heavy atom. The minimum atomic E-state index is -1.08. The van der Waals surface area contributed by atoms with Gasteiger partial charge in [-0.25, -0.2) is 4.79 Å². The number of carboxylic acid groups (broad SMARTS) is 1. The van der Waals surface area contributed by atoms with Crippen LogP contribution < -0.4 is 11.1 Å². The number of nitrogens with two attached hydrogens (primary N) is 1. The summed E-state index contributed by atoms with van der Waals surface area (Å²) in [5, 5.41) is 12.0. The highest BCUT2D eigenvalue weighted by Crippen LogP contribution is 2.59. The molecule has 1 fully saturated rings. The van der Waals surface area contributed by atoms with Gasteiger partial charge in [-0.05, 0) is 35.1 Å². The van der Waals surface area contributed by atoms with Crippen molar-refractivity contribution in [3.8, 4) is 0 Å². The maximum atomic E-state index is 12.5. The molecule has 1 saturated carbocycles. The summed E-state index contributed by atoms with van der Waals surface area (Å²) in [5.41, 5.74) is 6.70. The first kappa shape index (κ1) is 18.6. The lowest BCUT2D eigenvalue weighted by atomic mass is 10.0. The average molecular weight is 371 g/mol. The zero-order valence-corrected chi connectivity index (χ0v) is 14.9. The summed E-state index contributed by atoms with van der Waals surface area (Å²) in [6.45, 7) is 3.84. The molecular weight excluding hydrogens is 351 g/mol. The van der Waals surface area contributed by atoms with Crippen LogP contribution in [-0.2, 0) is 16.0 Å². The second-order valence-corrected chi connectivity index (χ2v) is 7.63. The lowest BCUT2D eigenvalue weighted by molar-refractivity contribution is -0.142. The molecule has 0 aromatic heterocycles. The fourth-order valence-corrected chi connectivity index (χ4v) is 3.25. The van der Waals surface area contributed by atoms with Crippen LogP contribution in [0, 0.1) is 17.3 Å². The molecule has 1 aliphatic rings. The number of carbonyl (C=O) groups excluding carboxylic acids is 1. The third kappa shape index (κ3) is 4.22. The van der Waals surface area contributed by atoms with Gasteiger partial charge in [0.15, 0.2) is 0 Å². The molecule has 5 nitrogen and oxygen atoms in total. The van der Waals surface area contributed by atoms with E-state index in [4.69, 9.17) is 28.9 Å². The molecule has 1 amide bonds. The molecule has 7 heteroatoms. The normalized spacial score (nSPS) is 22.3. The first-order valence-corrected chi connectivity index (χ1v) is 8.29. The Morgan fingerprint density at radius 1 is 1.33 bits per heavy atom. The van der Waals surface area contributed by atoms with Crippen LogP contribution in [0.2, 0.25) is 0 Å². The second-order valence-electron chi connectivity index (χ2n) is 6.63. The predicted octanol–water partition coefficient (Wildman–Crippen LogP) is 2.97. The Morgan fingerprint density at radius 2 is 1.92 bits per heavy atom. The van der Waals surface area contributed by atoms with Crippen molar-refractivity contribution in [1.29, 1.82) is 0 Å². The molecule has 0 saturated heterocycles. The zero-order chi connectivity index (χ0) is 18.1. The van der Waals surface area contributed by atoms with E-state index in [9.17, 15) is 14.7 Å². The number of benzene rings is 1. The maximum Gasteiger partial charge on any atom is 0.326 e. The van der Waals surface area contributed by atoms with Crippen LogP contribution in [0.15, 0.2) is 34.8 Å². The number of nitrogens with one attached hydrogen (secondary N) is 1. The SMILES string of the molecule is CC1(C)[C@@H](C=C(Cl)Cl)[C@@H]1C(=O)N[C@@H](Cc1ccc(N)cc1)C(=O)O. The smallest absolute Gasteiger partial charge is 0.326 e. The van der Waals surface area contributed by atoms with Gasteiger partial charge in [-0.3, -0.25) is 4.79 Å². The Kier molecular flexibility index (Phi) is 5.45. The highest BCUT2D eigenvalue weighted by atomic mass is 35.5. The highest BCUT2D eigenvalue weighted by Gasteiger charge is 2.60. The molecule has 0 heterocycles. The molecule has 3 atom stereocenters. The number of hydrogen-bond acceptors (Lipinski definition) is 3. The topological polar surface area (TPSA) is 92.4 Å². The van der Waals surface area contributed by atoms with E-state index in [2.05, 4.69) is 5.32 Å². The van der Waals surface area contributed by atoms with Crippen molar-refractivity contribution < 1.29 is 14.7 Å². The average Bonchev–Trinajstić information content (AvgIpc) is 3.00. The van der Waals surface area contributed by atoms with Crippen molar-refractivity contribution in [2.24, 2.45) is 17.3 Å². The van der Waals surface area contributed by atoms with Crippen molar-refractivity contribution in [3.63, 3.8) is 0 Å². The molecule has 0 radical (unpaired) electrons. The molecule has 0 spiro atoms. The van der Waals surface area contributed by atoms with Gasteiger partial charge in [-0.1, -0.05) is 49.2 Å². The largest absolute Gasteiger partial charge is 0.480 e. The molecule has 1 aromatic carbocycles. The van der Waals surface area contributed by atoms with Gasteiger partial charge in [-0.2, -0.15) is 0 Å². The third-order valence-electron chi connectivity index (χ3n) is 4.53. The number of amides is 1. The summed E-state index contributed by atoms with van der Waals surface area (Å²) in [6.07, 6.45) is 1.81. The first-order valence-electron chi connectivity index (χ1n) is 7.53. The van der Waals surface area contributed by atoms with Crippen molar-refractivity contribution in [2.45, 2.75) is 26.3 Å². The quantitative estimate of drug-likeness (QED) is 0.671. The Hall–Kier alpha value is -1.72. The lowest BCUT2D eigenvalue weighted by Crippen LogP contribution is -2.43. The van der Waals surface area contributed by atoms with E-state index in [0.29, 0.717) is 5.69 Å². The summed E-state index contributed by atoms with van der Waals surface area (Å²) >= 11 is 11.4. The maximum absolute atomic E-state index is 12.5. The van der Waals surface area contributed by atoms with Crippen LogP contribution >= 0.6 is 23.2 Å². The van der Waals surface area contributed by atoms with Crippen molar-refractivity contribution in [3.05, 3.63) is 40.4 Å². The molecule has 1 aromatic rings. The van der Waals surface area contributed by atoms with Crippen LogP contribution in [0.3, 0.4) is 0 Å². The third-order valence-corrected chi connectivity index (χ3v) is 4.78. The fraction of sp³-hybridized carbons (Fsp3) is 0.412. The van der Waals surface area contributed by atoms with E-state index < -0.39 is 12.0 Å². The van der Waals surface area contributed by atoms with Crippen LogP contribution in [0.1, 0.15) is 19.4 Å². The van der Waals surface area contributed by atoms with Gasteiger partial charge >= 0.3 is 5.97 Å². The molecule has 1 aliphatic carbocycles. The number of anilines is 1. The van der Waals surface area contributed by atoms with Gasteiger partial charge < -0.3 is 16.2 Å². The van der Waals surface area contributed by atoms with Gasteiger partial charge in [0, 0.05) is 12.1 Å². The van der Waals surface area contributed by atoms with Gasteiger partial charge in [0.25, 0.3) is 0 Å². The molecule has 0 unspecified atom stereocenters. The van der Waals surface area contributed by atoms with E-state index in [1.807, 2.05) is 13.8 Å². The molecule has 0 bridgehead atoms. The van der Waals surface area contributed by atoms with Gasteiger partial charge in [0.1, 0.15) is 10.5 Å². The van der Waals surface area contributed by atoms with Gasteiger partial charge in [0.05, 0.1) is 5.92 Å². The lowest BCUT2D eigenvalue weighted by Gasteiger charge is -2.15. The minimum absolute atomic E-state index is 0.103. The standard InChI is InChI=1S/C17H20Cl2N2O3/c1-17(2)11(8-13(18)19)14(17)15(22)21-12(16(23)24)7-9-3-5-10(20)6-4-9/h3-6,8,11-12,14H,7,20H2,1-2H3,(H,21,22)(H,23,24)/t11-,12-,14+/m0/s1. The fourth-order valence-electron chi connectivity index (χ4n) is 2.98. The summed E-state index contributed by atoms with van der Waals surface area (Å²) in [6, 6.07) is 5.88. The van der Waals surface area contributed by atoms with Crippen LogP contribution in [0.5, 0.6) is 0 Å². The van der Waals surface area contributed by atoms with E-state index in [1.54, 1.807) is 30.3 Å². The molecule has 2 rings (SSSR count). The van der Waals surface area contributed by atoms with E-state index in [-0.39, 0.29) is 34.1 Å². The van der Waals surface area contributed by atoms with Gasteiger partial charge in [-0.15, -0.1) is 0 Å². The number of nitrogen functional groups attached to an aromatic ring is 1. The summed E-state index contributed by atoms with van der Waals surface area (Å²) in [5.74, 6) is -1.84. The minimum Gasteiger partial charge on any atom is -0.480 e. The highest BCUT2D eigenvalue weighted by molar-refractivity contribution is 6.55. The number of allylic oxidation sites excluding steroid dienone is 1. The second kappa shape index (κ2) is 7.03. The number of hydrogen-bond donors (Lipinski definition) is 3. The van der Waals surface area contributed by atoms with E-state index >= 15 is 0 Å². The summed E-state index contributed by atoms with van der Waals surface area (Å²) in [7, 11) is 0. The Balaban J connectivity index is 2.06. The van der Waals surface area contributed by atoms with Crippen molar-refractivity contribution >= 4 is 40.8 Å². The Labute approximate surface area is 150 Å². The molecular formula is C17H20Cl2N2O3. The van der Waals surface area contributed by atoms with Crippen LogP contribution in [-0.4, -0.2) is 23.0 Å². The Bertz CT molecular complexity index is 667. The number of carbonyl (C=O) groups is 2. The summed E-state index contributed by atoms with van der Waals surface area (Å²) in [4.78, 5) is 23.9. The molecule has 0 aliphatic heterocycles. The summed E-state index contributed by atoms with van der Waals surface area (Å²) < 4.78 is 0.111. The van der Waals surface area contributed by atoms with E-state index in [0.717, 1.165) is 5.56 Å². The van der Waals surface area contributed by atoms with Crippen molar-refractivity contribution in [1.82, 2.24) is 5.32 Å². The van der Waals surface area contributed by atoms with Gasteiger partial charge in [0.2, 0.25) is 5.91 Å². The number of aliphatic carboxylic acids is 1. The van der Waals surface area contributed by atoms with Crippen molar-refractivity contribution in [2.75, 3.05) is 5.73 Å². The number of carboxylic acids is 1.